The van der Waals surface area contributed by atoms with E-state index in [-0.39, 0.29) is 0 Å². The zero-order valence-electron chi connectivity index (χ0n) is 10.9. The molecule has 1 fully saturated rings. The van der Waals surface area contributed by atoms with Crippen molar-refractivity contribution in [2.24, 2.45) is 5.92 Å². The van der Waals surface area contributed by atoms with Crippen molar-refractivity contribution < 1.29 is 0 Å². The average molecular weight is 212 g/mol. The van der Waals surface area contributed by atoms with Gasteiger partial charge in [-0.15, -0.1) is 0 Å². The molecule has 1 saturated carbocycles. The van der Waals surface area contributed by atoms with Gasteiger partial charge >= 0.3 is 0 Å². The lowest BCUT2D eigenvalue weighted by Gasteiger charge is -2.26. The Labute approximate surface area is 95.4 Å². The summed E-state index contributed by atoms with van der Waals surface area (Å²) in [5.41, 5.74) is 0. The molecule has 0 aromatic carbocycles. The molecule has 0 aliphatic heterocycles. The van der Waals surface area contributed by atoms with E-state index in [1.54, 1.807) is 0 Å². The van der Waals surface area contributed by atoms with E-state index in [1.807, 2.05) is 0 Å². The molecule has 0 aromatic rings. The highest BCUT2D eigenvalue weighted by Crippen LogP contribution is 2.18. The van der Waals surface area contributed by atoms with Crippen LogP contribution in [0.2, 0.25) is 0 Å². The number of hydrogen-bond donors (Lipinski definition) is 1. The zero-order chi connectivity index (χ0) is 11.3. The summed E-state index contributed by atoms with van der Waals surface area (Å²) in [6.07, 6.45) is 5.40. The second-order valence-electron chi connectivity index (χ2n) is 5.54. The highest BCUT2D eigenvalue weighted by Gasteiger charge is 2.19. The van der Waals surface area contributed by atoms with Gasteiger partial charge in [0.1, 0.15) is 0 Å². The van der Waals surface area contributed by atoms with E-state index in [0.29, 0.717) is 0 Å². The zero-order valence-corrected chi connectivity index (χ0v) is 10.9. The number of rotatable bonds is 8. The van der Waals surface area contributed by atoms with Crippen LogP contribution < -0.4 is 5.32 Å². The van der Waals surface area contributed by atoms with Crippen molar-refractivity contribution in [1.82, 2.24) is 10.2 Å². The van der Waals surface area contributed by atoms with Gasteiger partial charge in [0.15, 0.2) is 0 Å². The first-order chi connectivity index (χ1) is 7.09. The van der Waals surface area contributed by atoms with Crippen molar-refractivity contribution in [3.8, 4) is 0 Å². The van der Waals surface area contributed by atoms with Crippen molar-refractivity contribution in [2.75, 3.05) is 20.1 Å². The summed E-state index contributed by atoms with van der Waals surface area (Å²) in [5, 5.41) is 3.56. The van der Waals surface area contributed by atoms with Gasteiger partial charge in [0.25, 0.3) is 0 Å². The van der Waals surface area contributed by atoms with Crippen LogP contribution in [0.25, 0.3) is 0 Å². The van der Waals surface area contributed by atoms with Crippen molar-refractivity contribution in [3.05, 3.63) is 0 Å². The molecule has 0 heterocycles. The van der Waals surface area contributed by atoms with Crippen LogP contribution in [0.15, 0.2) is 0 Å². The summed E-state index contributed by atoms with van der Waals surface area (Å²) in [4.78, 5) is 2.49. The van der Waals surface area contributed by atoms with Crippen LogP contribution in [-0.2, 0) is 0 Å². The van der Waals surface area contributed by atoms with Crippen molar-refractivity contribution in [1.29, 1.82) is 0 Å². The van der Waals surface area contributed by atoms with Crippen molar-refractivity contribution >= 4 is 0 Å². The maximum atomic E-state index is 3.56. The number of nitrogens with one attached hydrogen (secondary N) is 1. The van der Waals surface area contributed by atoms with E-state index >= 15 is 0 Å². The first-order valence-corrected chi connectivity index (χ1v) is 6.53. The smallest absolute Gasteiger partial charge is 0.00682 e. The molecule has 1 aliphatic rings. The van der Waals surface area contributed by atoms with Crippen LogP contribution in [0.4, 0.5) is 0 Å². The highest BCUT2D eigenvalue weighted by molar-refractivity contribution is 4.80. The first-order valence-electron chi connectivity index (χ1n) is 6.53. The maximum Gasteiger partial charge on any atom is 0.00682 e. The molecule has 1 unspecified atom stereocenters. The second-order valence-corrected chi connectivity index (χ2v) is 5.54. The van der Waals surface area contributed by atoms with Gasteiger partial charge in [0, 0.05) is 12.1 Å². The standard InChI is InChI=1S/C13H28N2/c1-11(2)10-12(3)15(4)9-5-8-14-13-6-7-13/h11-14H,5-10H2,1-4H3. The van der Waals surface area contributed by atoms with Crippen LogP contribution >= 0.6 is 0 Å². The molecule has 1 N–H and O–H groups in total. The fourth-order valence-corrected chi connectivity index (χ4v) is 2.00. The van der Waals surface area contributed by atoms with Gasteiger partial charge in [0.2, 0.25) is 0 Å². The topological polar surface area (TPSA) is 15.3 Å². The molecule has 1 atom stereocenters. The summed E-state index contributed by atoms with van der Waals surface area (Å²) in [6, 6.07) is 1.59. The molecule has 1 rings (SSSR count). The Bertz CT molecular complexity index is 164. The molecule has 15 heavy (non-hydrogen) atoms. The van der Waals surface area contributed by atoms with E-state index < -0.39 is 0 Å². The van der Waals surface area contributed by atoms with Crippen LogP contribution in [0.3, 0.4) is 0 Å². The van der Waals surface area contributed by atoms with E-state index in [1.165, 1.54) is 38.8 Å². The molecule has 0 saturated heterocycles. The van der Waals surface area contributed by atoms with E-state index in [0.717, 1.165) is 18.0 Å². The van der Waals surface area contributed by atoms with E-state index in [2.05, 4.69) is 38.0 Å². The van der Waals surface area contributed by atoms with Gasteiger partial charge in [-0.1, -0.05) is 13.8 Å². The first kappa shape index (κ1) is 13.0. The maximum absolute atomic E-state index is 3.56. The second kappa shape index (κ2) is 6.49. The molecular formula is C13H28N2. The Morgan fingerprint density at radius 3 is 2.47 bits per heavy atom. The normalized spacial score (nSPS) is 18.8. The van der Waals surface area contributed by atoms with Crippen LogP contribution in [0.5, 0.6) is 0 Å². The van der Waals surface area contributed by atoms with Crippen molar-refractivity contribution in [2.45, 2.75) is 58.5 Å². The SMILES string of the molecule is CC(C)CC(C)N(C)CCCNC1CC1. The van der Waals surface area contributed by atoms with Gasteiger partial charge in [-0.05, 0) is 58.7 Å². The molecule has 0 amide bonds. The Morgan fingerprint density at radius 1 is 1.27 bits per heavy atom. The minimum Gasteiger partial charge on any atom is -0.314 e. The largest absolute Gasteiger partial charge is 0.314 e. The molecule has 0 spiro atoms. The van der Waals surface area contributed by atoms with Crippen LogP contribution in [0.1, 0.15) is 46.5 Å². The molecule has 2 heteroatoms. The molecule has 2 nitrogen and oxygen atoms in total. The molecular weight excluding hydrogens is 184 g/mol. The summed E-state index contributed by atoms with van der Waals surface area (Å²) in [5.74, 6) is 0.812. The Balaban J connectivity index is 1.97. The van der Waals surface area contributed by atoms with Gasteiger partial charge in [0.05, 0.1) is 0 Å². The molecule has 90 valence electrons. The van der Waals surface area contributed by atoms with Crippen LogP contribution in [-0.4, -0.2) is 37.1 Å². The lowest BCUT2D eigenvalue weighted by atomic mass is 10.0. The molecule has 0 radical (unpaired) electrons. The fraction of sp³-hybridized carbons (Fsp3) is 1.00. The lowest BCUT2D eigenvalue weighted by Crippen LogP contribution is -2.32. The average Bonchev–Trinajstić information content (AvgIpc) is 2.94. The van der Waals surface area contributed by atoms with Gasteiger partial charge in [-0.3, -0.25) is 0 Å². The van der Waals surface area contributed by atoms with Crippen molar-refractivity contribution in [3.63, 3.8) is 0 Å². The molecule has 0 aromatic heterocycles. The third-order valence-corrected chi connectivity index (χ3v) is 3.26. The van der Waals surface area contributed by atoms with Crippen LogP contribution in [0, 0.1) is 5.92 Å². The molecule has 1 aliphatic carbocycles. The van der Waals surface area contributed by atoms with E-state index in [9.17, 15) is 0 Å². The van der Waals surface area contributed by atoms with Gasteiger partial charge in [-0.2, -0.15) is 0 Å². The monoisotopic (exact) mass is 212 g/mol. The third kappa shape index (κ3) is 6.16. The van der Waals surface area contributed by atoms with E-state index in [4.69, 9.17) is 0 Å². The summed E-state index contributed by atoms with van der Waals surface area (Å²) < 4.78 is 0. The lowest BCUT2D eigenvalue weighted by molar-refractivity contribution is 0.225. The quantitative estimate of drug-likeness (QED) is 0.622. The Morgan fingerprint density at radius 2 is 1.93 bits per heavy atom. The highest BCUT2D eigenvalue weighted by atomic mass is 15.1. The third-order valence-electron chi connectivity index (χ3n) is 3.26. The predicted molar refractivity (Wildman–Crippen MR) is 67.2 cm³/mol. The number of hydrogen-bond acceptors (Lipinski definition) is 2. The predicted octanol–water partition coefficient (Wildman–Crippen LogP) is 2.49. The van der Waals surface area contributed by atoms with Gasteiger partial charge < -0.3 is 10.2 Å². The Hall–Kier alpha value is -0.0800. The summed E-state index contributed by atoms with van der Waals surface area (Å²) in [6.45, 7) is 9.38. The minimum absolute atomic E-state index is 0.728. The Kier molecular flexibility index (Phi) is 5.62. The number of nitrogens with zero attached hydrogens (tertiary/aromatic N) is 1. The minimum atomic E-state index is 0.728. The summed E-state index contributed by atoms with van der Waals surface area (Å²) in [7, 11) is 2.25. The molecule has 0 bridgehead atoms. The van der Waals surface area contributed by atoms with Gasteiger partial charge in [-0.25, -0.2) is 0 Å². The fourth-order valence-electron chi connectivity index (χ4n) is 2.00. The summed E-state index contributed by atoms with van der Waals surface area (Å²) >= 11 is 0.